The van der Waals surface area contributed by atoms with E-state index in [0.29, 0.717) is 34.9 Å². The van der Waals surface area contributed by atoms with Gasteiger partial charge in [-0.15, -0.1) is 0 Å². The molecule has 1 aromatic heterocycles. The predicted molar refractivity (Wildman–Crippen MR) is 137 cm³/mol. The van der Waals surface area contributed by atoms with Crippen molar-refractivity contribution in [2.24, 2.45) is 5.73 Å². The molecular weight excluding hydrogens is 478 g/mol. The normalized spacial score (nSPS) is 19.2. The summed E-state index contributed by atoms with van der Waals surface area (Å²) in [5.74, 6) is -0.856. The fourth-order valence-electron chi connectivity index (χ4n) is 5.47. The largest absolute Gasteiger partial charge is 0.379 e. The van der Waals surface area contributed by atoms with Crippen LogP contribution in [-0.4, -0.2) is 65.9 Å². The van der Waals surface area contributed by atoms with Crippen molar-refractivity contribution in [3.8, 4) is 5.69 Å². The Bertz CT molecular complexity index is 1330. The quantitative estimate of drug-likeness (QED) is 0.555. The van der Waals surface area contributed by atoms with Crippen LogP contribution in [0.3, 0.4) is 0 Å². The second-order valence-corrected chi connectivity index (χ2v) is 10.3. The maximum Gasteiger partial charge on any atom is 0.277 e. The number of carbonyl (C=O) groups excluding carboxylic acids is 2. The van der Waals surface area contributed by atoms with Gasteiger partial charge in [0.1, 0.15) is 5.69 Å². The highest BCUT2D eigenvalue weighted by Gasteiger charge is 2.45. The first kappa shape index (κ1) is 23.2. The summed E-state index contributed by atoms with van der Waals surface area (Å²) in [5, 5.41) is 4.93. The van der Waals surface area contributed by atoms with Crippen molar-refractivity contribution in [1.29, 1.82) is 0 Å². The van der Waals surface area contributed by atoms with E-state index in [1.165, 1.54) is 23.1 Å². The molecule has 0 spiro atoms. The Balaban J connectivity index is 1.29. The van der Waals surface area contributed by atoms with Gasteiger partial charge in [-0.2, -0.15) is 5.10 Å². The molecular formula is C27H28ClN5O3. The van der Waals surface area contributed by atoms with Gasteiger partial charge < -0.3 is 15.4 Å². The number of hydrogen-bond donors (Lipinski definition) is 1. The van der Waals surface area contributed by atoms with Crippen LogP contribution in [0.25, 0.3) is 5.69 Å². The second kappa shape index (κ2) is 9.03. The van der Waals surface area contributed by atoms with Crippen molar-refractivity contribution < 1.29 is 14.3 Å². The van der Waals surface area contributed by atoms with Crippen molar-refractivity contribution >= 4 is 29.1 Å². The minimum atomic E-state index is -0.646. The Hall–Kier alpha value is -3.20. The summed E-state index contributed by atoms with van der Waals surface area (Å²) in [6.45, 7) is 5.08. The molecule has 0 bridgehead atoms. The number of ether oxygens (including phenoxy) is 1. The monoisotopic (exact) mass is 505 g/mol. The van der Waals surface area contributed by atoms with E-state index in [0.717, 1.165) is 38.5 Å². The smallest absolute Gasteiger partial charge is 0.277 e. The number of rotatable bonds is 6. The molecule has 2 N–H and O–H groups in total. The van der Waals surface area contributed by atoms with Gasteiger partial charge in [0.2, 0.25) is 0 Å². The summed E-state index contributed by atoms with van der Waals surface area (Å²) < 4.78 is 6.99. The molecule has 186 valence electrons. The van der Waals surface area contributed by atoms with E-state index < -0.39 is 5.91 Å². The molecule has 2 fully saturated rings. The molecule has 36 heavy (non-hydrogen) atoms. The molecule has 0 atom stereocenters. The third-order valence-electron chi connectivity index (χ3n) is 7.58. The Kier molecular flexibility index (Phi) is 5.82. The van der Waals surface area contributed by atoms with Crippen LogP contribution < -0.4 is 10.6 Å². The van der Waals surface area contributed by atoms with Gasteiger partial charge in [-0.1, -0.05) is 29.8 Å². The van der Waals surface area contributed by atoms with E-state index in [-0.39, 0.29) is 17.0 Å². The van der Waals surface area contributed by atoms with Gasteiger partial charge in [-0.05, 0) is 55.2 Å². The zero-order valence-electron chi connectivity index (χ0n) is 20.0. The topological polar surface area (TPSA) is 93.7 Å². The van der Waals surface area contributed by atoms with Gasteiger partial charge in [0.25, 0.3) is 11.8 Å². The number of nitrogens with two attached hydrogens (primary N) is 1. The summed E-state index contributed by atoms with van der Waals surface area (Å²) >= 11 is 6.19. The van der Waals surface area contributed by atoms with Crippen molar-refractivity contribution in [3.05, 3.63) is 76.1 Å². The maximum atomic E-state index is 13.8. The number of aromatic nitrogens is 2. The maximum absolute atomic E-state index is 13.8. The zero-order chi connectivity index (χ0) is 24.9. The fraction of sp³-hybridized carbons (Fsp3) is 0.370. The highest BCUT2D eigenvalue weighted by molar-refractivity contribution is 6.30. The number of halogens is 1. The molecule has 8 nitrogen and oxygen atoms in total. The Labute approximate surface area is 214 Å². The highest BCUT2D eigenvalue weighted by atomic mass is 35.5. The van der Waals surface area contributed by atoms with Crippen LogP contribution in [0.4, 0.5) is 5.69 Å². The Morgan fingerprint density at radius 2 is 1.81 bits per heavy atom. The first-order valence-corrected chi connectivity index (χ1v) is 12.7. The average molecular weight is 506 g/mol. The highest BCUT2D eigenvalue weighted by Crippen LogP contribution is 2.49. The molecule has 9 heteroatoms. The van der Waals surface area contributed by atoms with Crippen LogP contribution in [0.2, 0.25) is 5.02 Å². The third-order valence-corrected chi connectivity index (χ3v) is 7.81. The predicted octanol–water partition coefficient (Wildman–Crippen LogP) is 3.19. The molecule has 0 unspecified atom stereocenters. The molecule has 3 aliphatic rings. The van der Waals surface area contributed by atoms with Crippen LogP contribution in [0.1, 0.15) is 44.9 Å². The minimum absolute atomic E-state index is 0.132. The molecule has 2 amide bonds. The van der Waals surface area contributed by atoms with Gasteiger partial charge >= 0.3 is 0 Å². The van der Waals surface area contributed by atoms with Crippen LogP contribution >= 0.6 is 11.6 Å². The number of carbonyl (C=O) groups is 2. The number of anilines is 1. The standard InChI is InChI=1S/C27H28ClN5O3/c28-19-2-1-3-21(16-19)33-24-22(23(30-33)25(29)34)8-11-32(26(24)35)20-6-4-18(5-7-20)27(9-10-27)17-31-12-14-36-15-13-31/h1-7,16H,8-15,17H2,(H2,29,34). The first-order chi connectivity index (χ1) is 17.4. The van der Waals surface area contributed by atoms with Gasteiger partial charge in [0.05, 0.1) is 18.9 Å². The lowest BCUT2D eigenvalue weighted by atomic mass is 9.94. The first-order valence-electron chi connectivity index (χ1n) is 12.4. The number of amides is 2. The third kappa shape index (κ3) is 4.09. The van der Waals surface area contributed by atoms with Crippen LogP contribution in [0.5, 0.6) is 0 Å². The summed E-state index contributed by atoms with van der Waals surface area (Å²) in [6, 6.07) is 15.4. The number of hydrogen-bond acceptors (Lipinski definition) is 5. The van der Waals surface area contributed by atoms with Crippen LogP contribution in [0, 0.1) is 0 Å². The SMILES string of the molecule is NC(=O)c1nn(-c2cccc(Cl)c2)c2c1CCN(c1ccc(C3(CN4CCOCC4)CC3)cc1)C2=O. The molecule has 1 saturated heterocycles. The van der Waals surface area contributed by atoms with E-state index in [4.69, 9.17) is 22.1 Å². The fourth-order valence-corrected chi connectivity index (χ4v) is 5.65. The summed E-state index contributed by atoms with van der Waals surface area (Å²) in [7, 11) is 0. The van der Waals surface area contributed by atoms with E-state index in [9.17, 15) is 9.59 Å². The molecule has 0 radical (unpaired) electrons. The zero-order valence-corrected chi connectivity index (χ0v) is 20.7. The van der Waals surface area contributed by atoms with E-state index in [1.807, 2.05) is 12.1 Å². The molecule has 3 aromatic rings. The van der Waals surface area contributed by atoms with Crippen molar-refractivity contribution in [3.63, 3.8) is 0 Å². The van der Waals surface area contributed by atoms with E-state index >= 15 is 0 Å². The molecule has 3 heterocycles. The van der Waals surface area contributed by atoms with Gasteiger partial charge in [0.15, 0.2) is 5.69 Å². The number of primary amides is 1. The lowest BCUT2D eigenvalue weighted by Crippen LogP contribution is -2.41. The van der Waals surface area contributed by atoms with Crippen molar-refractivity contribution in [2.45, 2.75) is 24.7 Å². The number of nitrogens with zero attached hydrogens (tertiary/aromatic N) is 4. The summed E-state index contributed by atoms with van der Waals surface area (Å²) in [6.07, 6.45) is 2.86. The average Bonchev–Trinajstić information content (AvgIpc) is 3.55. The lowest BCUT2D eigenvalue weighted by molar-refractivity contribution is 0.0336. The van der Waals surface area contributed by atoms with Gasteiger partial charge in [-0.3, -0.25) is 14.5 Å². The molecule has 2 aromatic carbocycles. The molecule has 2 aliphatic heterocycles. The van der Waals surface area contributed by atoms with E-state index in [2.05, 4.69) is 22.1 Å². The van der Waals surface area contributed by atoms with Crippen LogP contribution in [-0.2, 0) is 16.6 Å². The van der Waals surface area contributed by atoms with E-state index in [1.54, 1.807) is 29.2 Å². The Morgan fingerprint density at radius 1 is 1.06 bits per heavy atom. The second-order valence-electron chi connectivity index (χ2n) is 9.85. The minimum Gasteiger partial charge on any atom is -0.379 e. The van der Waals surface area contributed by atoms with Gasteiger partial charge in [-0.25, -0.2) is 4.68 Å². The van der Waals surface area contributed by atoms with Crippen molar-refractivity contribution in [1.82, 2.24) is 14.7 Å². The molecule has 1 aliphatic carbocycles. The Morgan fingerprint density at radius 3 is 2.47 bits per heavy atom. The summed E-state index contributed by atoms with van der Waals surface area (Å²) in [4.78, 5) is 30.1. The number of fused-ring (bicyclic) bond motifs is 1. The number of morpholine rings is 1. The molecule has 6 rings (SSSR count). The van der Waals surface area contributed by atoms with Gasteiger partial charge in [0, 0.05) is 47.9 Å². The summed E-state index contributed by atoms with van der Waals surface area (Å²) in [5.41, 5.74) is 9.64. The molecule has 1 saturated carbocycles. The van der Waals surface area contributed by atoms with Crippen LogP contribution in [0.15, 0.2) is 48.5 Å². The lowest BCUT2D eigenvalue weighted by Gasteiger charge is -2.31. The van der Waals surface area contributed by atoms with Crippen molar-refractivity contribution in [2.75, 3.05) is 44.3 Å². The number of benzene rings is 2.